The topological polar surface area (TPSA) is 78.6 Å². The summed E-state index contributed by atoms with van der Waals surface area (Å²) in [4.78, 5) is 14.2. The number of carbonyl (C=O) groups excluding carboxylic acids is 1. The third-order valence-corrected chi connectivity index (χ3v) is 3.07. The van der Waals surface area contributed by atoms with Gasteiger partial charge in [0.1, 0.15) is 0 Å². The number of hydrazine groups is 1. The minimum Gasteiger partial charge on any atom is -0.396 e. The fourth-order valence-corrected chi connectivity index (χ4v) is 1.96. The molecule has 0 spiro atoms. The molecule has 0 radical (unpaired) electrons. The number of anilines is 1. The van der Waals surface area contributed by atoms with Crippen molar-refractivity contribution in [3.8, 4) is 0 Å². The Bertz CT molecular complexity index is 433. The number of aliphatic hydroxyl groups excluding tert-OH is 1. The number of hydrogen-bond donors (Lipinski definition) is 3. The van der Waals surface area contributed by atoms with E-state index in [1.807, 2.05) is 26.8 Å². The normalized spacial score (nSPS) is 10.6. The summed E-state index contributed by atoms with van der Waals surface area (Å²) in [7, 11) is 0. The van der Waals surface area contributed by atoms with Crippen LogP contribution >= 0.6 is 0 Å². The van der Waals surface area contributed by atoms with E-state index in [2.05, 4.69) is 5.43 Å². The van der Waals surface area contributed by atoms with Crippen LogP contribution in [-0.2, 0) is 0 Å². The van der Waals surface area contributed by atoms with E-state index in [1.54, 1.807) is 17.0 Å². The van der Waals surface area contributed by atoms with Crippen LogP contribution in [0.1, 0.15) is 36.2 Å². The van der Waals surface area contributed by atoms with E-state index in [0.717, 1.165) is 11.3 Å². The number of nitrogens with one attached hydrogen (secondary N) is 1. The van der Waals surface area contributed by atoms with Gasteiger partial charge in [-0.1, -0.05) is 0 Å². The summed E-state index contributed by atoms with van der Waals surface area (Å²) in [6.07, 6.45) is 0.589. The maximum absolute atomic E-state index is 12.4. The van der Waals surface area contributed by atoms with Gasteiger partial charge in [-0.05, 0) is 51.0 Å². The summed E-state index contributed by atoms with van der Waals surface area (Å²) in [5.41, 5.74) is 4.97. The van der Waals surface area contributed by atoms with Gasteiger partial charge in [0.25, 0.3) is 5.91 Å². The van der Waals surface area contributed by atoms with Crippen molar-refractivity contribution in [2.75, 3.05) is 18.6 Å². The first kappa shape index (κ1) is 15.5. The van der Waals surface area contributed by atoms with Crippen molar-refractivity contribution < 1.29 is 9.90 Å². The highest BCUT2D eigenvalue weighted by atomic mass is 16.3. The molecule has 0 atom stereocenters. The molecule has 0 aromatic heterocycles. The first-order valence-corrected chi connectivity index (χ1v) is 6.50. The fourth-order valence-electron chi connectivity index (χ4n) is 1.96. The van der Waals surface area contributed by atoms with Crippen LogP contribution in [0, 0.1) is 6.92 Å². The number of hydrogen-bond acceptors (Lipinski definition) is 4. The summed E-state index contributed by atoms with van der Waals surface area (Å²) in [6, 6.07) is 5.49. The standard InChI is InChI=1S/C14H23N3O2/c1-10(2)17(7-4-8-18)14(19)12-5-6-13(16-15)11(3)9-12/h5-6,9-10,16,18H,4,7-8,15H2,1-3H3. The highest BCUT2D eigenvalue weighted by Gasteiger charge is 2.18. The van der Waals surface area contributed by atoms with Crippen LogP contribution in [-0.4, -0.2) is 35.1 Å². The second-order valence-corrected chi connectivity index (χ2v) is 4.84. The van der Waals surface area contributed by atoms with Crippen LogP contribution in [0.2, 0.25) is 0 Å². The second kappa shape index (κ2) is 7.11. The zero-order chi connectivity index (χ0) is 14.4. The van der Waals surface area contributed by atoms with E-state index in [0.29, 0.717) is 18.5 Å². The number of amides is 1. The number of nitrogens with zero attached hydrogens (tertiary/aromatic N) is 1. The Morgan fingerprint density at radius 1 is 1.47 bits per heavy atom. The molecule has 1 rings (SSSR count). The summed E-state index contributed by atoms with van der Waals surface area (Å²) in [5.74, 6) is 5.36. The number of carbonyl (C=O) groups is 1. The Morgan fingerprint density at radius 2 is 2.16 bits per heavy atom. The molecule has 0 bridgehead atoms. The maximum Gasteiger partial charge on any atom is 0.254 e. The average molecular weight is 265 g/mol. The molecule has 0 aliphatic heterocycles. The lowest BCUT2D eigenvalue weighted by Gasteiger charge is -2.27. The monoisotopic (exact) mass is 265 g/mol. The fraction of sp³-hybridized carbons (Fsp3) is 0.500. The largest absolute Gasteiger partial charge is 0.396 e. The molecule has 0 aliphatic rings. The molecular weight excluding hydrogens is 242 g/mol. The highest BCUT2D eigenvalue weighted by Crippen LogP contribution is 2.17. The lowest BCUT2D eigenvalue weighted by atomic mass is 10.1. The maximum atomic E-state index is 12.4. The molecule has 19 heavy (non-hydrogen) atoms. The predicted molar refractivity (Wildman–Crippen MR) is 76.9 cm³/mol. The summed E-state index contributed by atoms with van der Waals surface area (Å²) in [6.45, 7) is 6.49. The molecule has 106 valence electrons. The van der Waals surface area contributed by atoms with Crippen LogP contribution in [0.5, 0.6) is 0 Å². The Hall–Kier alpha value is -1.59. The first-order chi connectivity index (χ1) is 9.01. The number of aliphatic hydroxyl groups is 1. The zero-order valence-corrected chi connectivity index (χ0v) is 11.8. The molecular formula is C14H23N3O2. The second-order valence-electron chi connectivity index (χ2n) is 4.84. The van der Waals surface area contributed by atoms with Gasteiger partial charge in [0, 0.05) is 24.8 Å². The SMILES string of the molecule is Cc1cc(C(=O)N(CCCO)C(C)C)ccc1NN. The summed E-state index contributed by atoms with van der Waals surface area (Å²) >= 11 is 0. The number of nitrogens with two attached hydrogens (primary N) is 1. The third-order valence-electron chi connectivity index (χ3n) is 3.07. The van der Waals surface area contributed by atoms with Crippen molar-refractivity contribution in [2.45, 2.75) is 33.2 Å². The molecule has 0 heterocycles. The van der Waals surface area contributed by atoms with Gasteiger partial charge in [-0.3, -0.25) is 10.6 Å². The molecule has 1 aromatic carbocycles. The minimum atomic E-state index is -0.0184. The number of rotatable bonds is 6. The van der Waals surface area contributed by atoms with E-state index >= 15 is 0 Å². The van der Waals surface area contributed by atoms with Gasteiger partial charge in [0.05, 0.1) is 5.69 Å². The predicted octanol–water partition coefficient (Wildman–Crippen LogP) is 1.51. The van der Waals surface area contributed by atoms with Crippen molar-refractivity contribution in [2.24, 2.45) is 5.84 Å². The Kier molecular flexibility index (Phi) is 5.79. The van der Waals surface area contributed by atoms with Gasteiger partial charge >= 0.3 is 0 Å². The summed E-state index contributed by atoms with van der Waals surface area (Å²) in [5, 5.41) is 8.90. The van der Waals surface area contributed by atoms with Gasteiger partial charge < -0.3 is 15.4 Å². The number of aryl methyl sites for hydroxylation is 1. The van der Waals surface area contributed by atoms with Gasteiger partial charge in [-0.15, -0.1) is 0 Å². The first-order valence-electron chi connectivity index (χ1n) is 6.50. The van der Waals surface area contributed by atoms with E-state index in [4.69, 9.17) is 10.9 Å². The smallest absolute Gasteiger partial charge is 0.254 e. The molecule has 0 saturated heterocycles. The zero-order valence-electron chi connectivity index (χ0n) is 11.8. The molecule has 0 aliphatic carbocycles. The van der Waals surface area contributed by atoms with Crippen LogP contribution in [0.4, 0.5) is 5.69 Å². The van der Waals surface area contributed by atoms with Crippen molar-refractivity contribution in [1.29, 1.82) is 0 Å². The van der Waals surface area contributed by atoms with Gasteiger partial charge in [-0.25, -0.2) is 0 Å². The Balaban J connectivity index is 2.93. The highest BCUT2D eigenvalue weighted by molar-refractivity contribution is 5.95. The lowest BCUT2D eigenvalue weighted by molar-refractivity contribution is 0.0693. The minimum absolute atomic E-state index is 0.0184. The molecule has 0 unspecified atom stereocenters. The third kappa shape index (κ3) is 3.94. The van der Waals surface area contributed by atoms with Crippen LogP contribution < -0.4 is 11.3 Å². The van der Waals surface area contributed by atoms with Gasteiger partial charge in [0.2, 0.25) is 0 Å². The van der Waals surface area contributed by atoms with Crippen LogP contribution in [0.3, 0.4) is 0 Å². The quantitative estimate of drug-likeness (QED) is 0.538. The lowest BCUT2D eigenvalue weighted by Crippen LogP contribution is -2.38. The van der Waals surface area contributed by atoms with E-state index in [9.17, 15) is 4.79 Å². The van der Waals surface area contributed by atoms with Crippen LogP contribution in [0.25, 0.3) is 0 Å². The number of nitrogen functional groups attached to an aromatic ring is 1. The van der Waals surface area contributed by atoms with Crippen molar-refractivity contribution in [3.05, 3.63) is 29.3 Å². The van der Waals surface area contributed by atoms with Gasteiger partial charge in [0.15, 0.2) is 0 Å². The number of benzene rings is 1. The summed E-state index contributed by atoms with van der Waals surface area (Å²) < 4.78 is 0. The average Bonchev–Trinajstić information content (AvgIpc) is 2.38. The van der Waals surface area contributed by atoms with Crippen molar-refractivity contribution >= 4 is 11.6 Å². The van der Waals surface area contributed by atoms with E-state index < -0.39 is 0 Å². The van der Waals surface area contributed by atoms with Crippen LogP contribution in [0.15, 0.2) is 18.2 Å². The Labute approximate surface area is 114 Å². The molecule has 1 amide bonds. The van der Waals surface area contributed by atoms with E-state index in [-0.39, 0.29) is 18.6 Å². The molecule has 4 N–H and O–H groups in total. The Morgan fingerprint density at radius 3 is 2.63 bits per heavy atom. The van der Waals surface area contributed by atoms with Crippen molar-refractivity contribution in [3.63, 3.8) is 0 Å². The van der Waals surface area contributed by atoms with Gasteiger partial charge in [-0.2, -0.15) is 0 Å². The van der Waals surface area contributed by atoms with Crippen molar-refractivity contribution in [1.82, 2.24) is 4.90 Å². The molecule has 0 fully saturated rings. The molecule has 1 aromatic rings. The van der Waals surface area contributed by atoms with E-state index in [1.165, 1.54) is 0 Å². The molecule has 5 heteroatoms. The molecule has 0 saturated carbocycles. The molecule has 5 nitrogen and oxygen atoms in total.